The van der Waals surface area contributed by atoms with E-state index in [-0.39, 0.29) is 17.7 Å². The van der Waals surface area contributed by atoms with Gasteiger partial charge in [0.2, 0.25) is 0 Å². The van der Waals surface area contributed by atoms with Crippen molar-refractivity contribution in [2.75, 3.05) is 6.61 Å². The summed E-state index contributed by atoms with van der Waals surface area (Å²) in [5.41, 5.74) is 6.23. The van der Waals surface area contributed by atoms with Crippen molar-refractivity contribution in [2.24, 2.45) is 11.1 Å². The van der Waals surface area contributed by atoms with E-state index >= 15 is 0 Å². The van der Waals surface area contributed by atoms with E-state index in [9.17, 15) is 4.39 Å². The van der Waals surface area contributed by atoms with Crippen LogP contribution < -0.4 is 5.73 Å². The molecule has 0 heterocycles. The molecule has 1 aromatic carbocycles. The summed E-state index contributed by atoms with van der Waals surface area (Å²) in [4.78, 5) is 0. The normalized spacial score (nSPS) is 14.0. The Kier molecular flexibility index (Phi) is 3.71. The summed E-state index contributed by atoms with van der Waals surface area (Å²) in [6.45, 7) is 3.65. The number of hydrogen-bond acceptors (Lipinski definition) is 2. The van der Waals surface area contributed by atoms with Gasteiger partial charge < -0.3 is 10.8 Å². The summed E-state index contributed by atoms with van der Waals surface area (Å²) in [7, 11) is 0. The van der Waals surface area contributed by atoms with Crippen LogP contribution in [0.15, 0.2) is 18.2 Å². The highest BCUT2D eigenvalue weighted by atomic mass is 35.5. The Balaban J connectivity index is 3.02. The molecular weight excluding hydrogens is 217 g/mol. The van der Waals surface area contributed by atoms with E-state index in [0.717, 1.165) is 5.56 Å². The van der Waals surface area contributed by atoms with Gasteiger partial charge in [0.25, 0.3) is 0 Å². The molecule has 1 aromatic rings. The second kappa shape index (κ2) is 4.47. The zero-order valence-corrected chi connectivity index (χ0v) is 9.55. The first kappa shape index (κ1) is 12.4. The van der Waals surface area contributed by atoms with Crippen LogP contribution >= 0.6 is 11.6 Å². The van der Waals surface area contributed by atoms with Gasteiger partial charge in [-0.3, -0.25) is 0 Å². The summed E-state index contributed by atoms with van der Waals surface area (Å²) in [5, 5.41) is 9.22. The van der Waals surface area contributed by atoms with E-state index in [4.69, 9.17) is 22.4 Å². The molecule has 15 heavy (non-hydrogen) atoms. The van der Waals surface area contributed by atoms with Crippen molar-refractivity contribution in [3.63, 3.8) is 0 Å². The summed E-state index contributed by atoms with van der Waals surface area (Å²) in [5.74, 6) is -0.463. The van der Waals surface area contributed by atoms with Crippen molar-refractivity contribution in [3.8, 4) is 0 Å². The van der Waals surface area contributed by atoms with Crippen LogP contribution in [-0.2, 0) is 0 Å². The van der Waals surface area contributed by atoms with Gasteiger partial charge in [0.15, 0.2) is 0 Å². The van der Waals surface area contributed by atoms with Crippen LogP contribution in [0.25, 0.3) is 0 Å². The van der Waals surface area contributed by atoms with E-state index in [1.165, 1.54) is 12.1 Å². The SMILES string of the molecule is CC(C)(CO)[C@@H](N)c1ccc(F)c(Cl)c1. The second-order valence-corrected chi connectivity index (χ2v) is 4.71. The first-order chi connectivity index (χ1) is 6.88. The Morgan fingerprint density at radius 1 is 1.53 bits per heavy atom. The van der Waals surface area contributed by atoms with Crippen LogP contribution in [0.1, 0.15) is 25.5 Å². The molecule has 0 aliphatic heterocycles. The molecule has 84 valence electrons. The van der Waals surface area contributed by atoms with Crippen LogP contribution in [0.3, 0.4) is 0 Å². The Hall–Kier alpha value is -0.640. The van der Waals surface area contributed by atoms with Crippen molar-refractivity contribution < 1.29 is 9.50 Å². The lowest BCUT2D eigenvalue weighted by atomic mass is 9.82. The van der Waals surface area contributed by atoms with Gasteiger partial charge in [0.1, 0.15) is 5.82 Å². The molecular formula is C11H15ClFNO. The maximum Gasteiger partial charge on any atom is 0.141 e. The van der Waals surface area contributed by atoms with Gasteiger partial charge in [0.05, 0.1) is 5.02 Å². The van der Waals surface area contributed by atoms with Gasteiger partial charge >= 0.3 is 0 Å². The Morgan fingerprint density at radius 2 is 2.13 bits per heavy atom. The predicted octanol–water partition coefficient (Wildman–Crippen LogP) is 2.50. The lowest BCUT2D eigenvalue weighted by molar-refractivity contribution is 0.132. The van der Waals surface area contributed by atoms with Gasteiger partial charge in [-0.25, -0.2) is 4.39 Å². The quantitative estimate of drug-likeness (QED) is 0.840. The van der Waals surface area contributed by atoms with E-state index in [0.29, 0.717) is 0 Å². The molecule has 0 aliphatic carbocycles. The topological polar surface area (TPSA) is 46.2 Å². The highest BCUT2D eigenvalue weighted by Crippen LogP contribution is 2.32. The number of halogens is 2. The lowest BCUT2D eigenvalue weighted by Crippen LogP contribution is -2.32. The smallest absolute Gasteiger partial charge is 0.141 e. The van der Waals surface area contributed by atoms with E-state index in [1.807, 2.05) is 13.8 Å². The Morgan fingerprint density at radius 3 is 2.60 bits per heavy atom. The van der Waals surface area contributed by atoms with E-state index in [2.05, 4.69) is 0 Å². The first-order valence-corrected chi connectivity index (χ1v) is 5.07. The zero-order valence-electron chi connectivity index (χ0n) is 8.80. The molecule has 0 spiro atoms. The summed E-state index contributed by atoms with van der Waals surface area (Å²) in [6, 6.07) is 3.99. The number of hydrogen-bond donors (Lipinski definition) is 2. The number of aliphatic hydroxyl groups excluding tert-OH is 1. The molecule has 0 unspecified atom stereocenters. The molecule has 0 radical (unpaired) electrons. The largest absolute Gasteiger partial charge is 0.396 e. The molecule has 0 aromatic heterocycles. The molecule has 1 atom stereocenters. The van der Waals surface area contributed by atoms with Crippen molar-refractivity contribution in [2.45, 2.75) is 19.9 Å². The monoisotopic (exact) mass is 231 g/mol. The fourth-order valence-electron chi connectivity index (χ4n) is 1.26. The van der Waals surface area contributed by atoms with Crippen LogP contribution in [0, 0.1) is 11.2 Å². The molecule has 0 saturated heterocycles. The van der Waals surface area contributed by atoms with Gasteiger partial charge in [-0.2, -0.15) is 0 Å². The Bertz CT molecular complexity index is 354. The second-order valence-electron chi connectivity index (χ2n) is 4.30. The molecule has 0 bridgehead atoms. The van der Waals surface area contributed by atoms with E-state index in [1.54, 1.807) is 6.07 Å². The summed E-state index contributed by atoms with van der Waals surface area (Å²) in [6.07, 6.45) is 0. The van der Waals surface area contributed by atoms with Crippen molar-refractivity contribution in [1.82, 2.24) is 0 Å². The van der Waals surface area contributed by atoms with Crippen LogP contribution in [0.4, 0.5) is 4.39 Å². The van der Waals surface area contributed by atoms with Crippen molar-refractivity contribution in [3.05, 3.63) is 34.6 Å². The maximum absolute atomic E-state index is 12.9. The van der Waals surface area contributed by atoms with Crippen LogP contribution in [0.2, 0.25) is 5.02 Å². The van der Waals surface area contributed by atoms with Crippen LogP contribution in [0.5, 0.6) is 0 Å². The minimum Gasteiger partial charge on any atom is -0.396 e. The fourth-order valence-corrected chi connectivity index (χ4v) is 1.44. The van der Waals surface area contributed by atoms with Gasteiger partial charge in [-0.15, -0.1) is 0 Å². The predicted molar refractivity (Wildman–Crippen MR) is 59.2 cm³/mol. The van der Waals surface area contributed by atoms with Crippen molar-refractivity contribution in [1.29, 1.82) is 0 Å². The third-order valence-electron chi connectivity index (χ3n) is 2.55. The molecule has 1 rings (SSSR count). The number of aliphatic hydroxyl groups is 1. The minimum absolute atomic E-state index is 0.0385. The molecule has 0 saturated carbocycles. The standard InChI is InChI=1S/C11H15ClFNO/c1-11(2,6-15)10(14)7-3-4-9(13)8(12)5-7/h3-5,10,15H,6,14H2,1-2H3/t10-/m0/s1. The molecule has 4 heteroatoms. The average molecular weight is 232 g/mol. The Labute approximate surface area is 93.9 Å². The molecule has 0 fully saturated rings. The molecule has 0 aliphatic rings. The third-order valence-corrected chi connectivity index (χ3v) is 2.84. The van der Waals surface area contributed by atoms with E-state index < -0.39 is 11.2 Å². The van der Waals surface area contributed by atoms with Crippen molar-refractivity contribution >= 4 is 11.6 Å². The maximum atomic E-state index is 12.9. The van der Waals surface area contributed by atoms with Gasteiger partial charge in [0, 0.05) is 18.1 Å². The highest BCUT2D eigenvalue weighted by Gasteiger charge is 2.27. The number of rotatable bonds is 3. The number of benzene rings is 1. The summed E-state index contributed by atoms with van der Waals surface area (Å²) >= 11 is 5.66. The molecule has 2 nitrogen and oxygen atoms in total. The van der Waals surface area contributed by atoms with Gasteiger partial charge in [-0.1, -0.05) is 31.5 Å². The molecule has 3 N–H and O–H groups in total. The van der Waals surface area contributed by atoms with Crippen LogP contribution in [-0.4, -0.2) is 11.7 Å². The number of nitrogens with two attached hydrogens (primary N) is 1. The third kappa shape index (κ3) is 2.68. The zero-order chi connectivity index (χ0) is 11.6. The molecule has 0 amide bonds. The average Bonchev–Trinajstić information content (AvgIpc) is 2.21. The first-order valence-electron chi connectivity index (χ1n) is 4.70. The minimum atomic E-state index is -0.463. The lowest BCUT2D eigenvalue weighted by Gasteiger charge is -2.29. The highest BCUT2D eigenvalue weighted by molar-refractivity contribution is 6.30. The fraction of sp³-hybridized carbons (Fsp3) is 0.455. The summed E-state index contributed by atoms with van der Waals surface area (Å²) < 4.78 is 12.9. The van der Waals surface area contributed by atoms with Gasteiger partial charge in [-0.05, 0) is 17.7 Å².